The molecule has 0 aromatic heterocycles. The maximum atomic E-state index is 0. The molecule has 0 rings (SSSR count). The fourth-order valence-corrected chi connectivity index (χ4v) is 0. The van der Waals surface area contributed by atoms with Gasteiger partial charge in [0, 0.05) is 19.5 Å². The minimum atomic E-state index is 0. The van der Waals surface area contributed by atoms with E-state index in [9.17, 15) is 0 Å². The summed E-state index contributed by atoms with van der Waals surface area (Å²) in [4.78, 5) is 0. The molecule has 0 fully saturated rings. The van der Waals surface area contributed by atoms with Crippen molar-refractivity contribution in [2.45, 2.75) is 0 Å². The van der Waals surface area contributed by atoms with E-state index in [-0.39, 0.29) is 105 Å². The van der Waals surface area contributed by atoms with Crippen molar-refractivity contribution in [1.29, 1.82) is 0 Å². The molecule has 0 aliphatic heterocycles. The Bertz CT molecular complexity index is 11.6. The van der Waals surface area contributed by atoms with E-state index in [0.29, 0.717) is 0 Å². The first-order valence-corrected chi connectivity index (χ1v) is 0. The molecule has 0 radical (unpaired) electrons. The summed E-state index contributed by atoms with van der Waals surface area (Å²) >= 11 is 0. The van der Waals surface area contributed by atoms with Gasteiger partial charge in [0.2, 0.25) is 0 Å². The Hall–Kier alpha value is 3.22. The summed E-state index contributed by atoms with van der Waals surface area (Å²) in [7, 11) is 0. The van der Waals surface area contributed by atoms with Crippen LogP contribution in [0.2, 0.25) is 0 Å². The Morgan fingerprint density at radius 1 is 1.00 bits per heavy atom. The molecule has 0 spiro atoms. The molecule has 0 heterocycles. The first kappa shape index (κ1) is 41.4. The van der Waals surface area contributed by atoms with Crippen molar-refractivity contribution >= 4 is 85.3 Å². The second kappa shape index (κ2) is 27.0. The van der Waals surface area contributed by atoms with Crippen LogP contribution in [-0.4, -0.2) is 71.8 Å². The molecule has 0 unspecified atom stereocenters. The van der Waals surface area contributed by atoms with Gasteiger partial charge < -0.3 is 0 Å². The van der Waals surface area contributed by atoms with Crippen molar-refractivity contribution in [3.8, 4) is 0 Å². The molecule has 0 N–H and O–H groups in total. The predicted octanol–water partition coefficient (Wildman–Crippen LogP) is -3.17. The molecule has 0 saturated heterocycles. The monoisotopic (exact) mass is 198 g/mol. The van der Waals surface area contributed by atoms with Crippen LogP contribution in [0.15, 0.2) is 0 Å². The molecule has 0 aromatic rings. The van der Waals surface area contributed by atoms with Gasteiger partial charge in [-0.25, -0.2) is 0 Å². The number of rotatable bonds is 0. The van der Waals surface area contributed by atoms with Crippen LogP contribution in [0.4, 0.5) is 0 Å². The predicted molar refractivity (Wildman–Crippen MR) is 38.8 cm³/mol. The molecule has 0 atom stereocenters. The van der Waals surface area contributed by atoms with Crippen molar-refractivity contribution < 1.29 is 19.5 Å². The first-order chi connectivity index (χ1) is 0. The summed E-state index contributed by atoms with van der Waals surface area (Å²) in [6, 6.07) is 0. The Balaban J connectivity index is 0. The van der Waals surface area contributed by atoms with Gasteiger partial charge in [0.1, 0.15) is 0 Å². The van der Waals surface area contributed by atoms with E-state index >= 15 is 0 Å². The molecule has 0 amide bonds. The van der Waals surface area contributed by atoms with E-state index in [2.05, 4.69) is 0 Å². The van der Waals surface area contributed by atoms with Crippen molar-refractivity contribution in [2.24, 2.45) is 0 Å². The van der Waals surface area contributed by atoms with Gasteiger partial charge in [-0.3, -0.25) is 0 Å². The van der Waals surface area contributed by atoms with E-state index in [1.807, 2.05) is 0 Å². The van der Waals surface area contributed by atoms with E-state index in [1.165, 1.54) is 0 Å². The van der Waals surface area contributed by atoms with E-state index < -0.39 is 0 Å². The summed E-state index contributed by atoms with van der Waals surface area (Å²) in [5.74, 6) is 0. The number of hydrogen-bond donors (Lipinski definition) is 0. The molecule has 0 nitrogen and oxygen atoms in total. The molecular formula is H10CaMgSSiZn. The maximum Gasteiger partial charge on any atom is 0.316 e. The van der Waals surface area contributed by atoms with Gasteiger partial charge in [0.25, 0.3) is 0 Å². The molecular weight excluding hydrogens is 190 g/mol. The average molecular weight is 200 g/mol. The first-order valence-electron chi connectivity index (χ1n) is 0. The Morgan fingerprint density at radius 2 is 1.00 bits per heavy atom. The zero-order valence-corrected chi connectivity index (χ0v) is 5.17. The molecule has 0 aliphatic rings. The van der Waals surface area contributed by atoms with E-state index in [4.69, 9.17) is 0 Å². The summed E-state index contributed by atoms with van der Waals surface area (Å²) in [5.41, 5.74) is 0. The molecule has 0 aromatic carbocycles. The van der Waals surface area contributed by atoms with Crippen molar-refractivity contribution in [2.75, 3.05) is 0 Å². The molecule has 5 heavy (non-hydrogen) atoms. The summed E-state index contributed by atoms with van der Waals surface area (Å²) < 4.78 is 0. The Kier molecular flexibility index (Phi) is 223. The van der Waals surface area contributed by atoms with Crippen LogP contribution in [0, 0.1) is 0 Å². The van der Waals surface area contributed by atoms with Gasteiger partial charge in [0.15, 0.2) is 0 Å². The minimum Gasteiger partial charge on any atom is -0.0149 e. The Morgan fingerprint density at radius 3 is 1.00 bits per heavy atom. The van der Waals surface area contributed by atoms with Crippen LogP contribution in [-0.2, 0) is 19.5 Å². The standard InChI is InChI=1S/Ca.Mg.H2S.H4Si.Zn.4H/h;;1H2;1H4;;;;;. The third kappa shape index (κ3) is 19.0. The zero-order chi connectivity index (χ0) is 0. The molecule has 5 heteroatoms. The van der Waals surface area contributed by atoms with Gasteiger partial charge in [0.05, 0.1) is 0 Å². The van der Waals surface area contributed by atoms with Crippen LogP contribution in [0.25, 0.3) is 0 Å². The average Bonchev–Trinajstić information content (AvgIpc) is 0. The van der Waals surface area contributed by atoms with E-state index in [0.717, 1.165) is 0 Å². The fourth-order valence-electron chi connectivity index (χ4n) is 0. The van der Waals surface area contributed by atoms with Crippen molar-refractivity contribution in [3.05, 3.63) is 0 Å². The zero-order valence-electron chi connectivity index (χ0n) is 1.21. The topological polar surface area (TPSA) is 0 Å². The fraction of sp³-hybridized carbons (Fsp3) is 0. The quantitative estimate of drug-likeness (QED) is 0.362. The summed E-state index contributed by atoms with van der Waals surface area (Å²) in [6.07, 6.45) is 0. The SMILES string of the molecule is S.[CaH2].[MgH2].[SiH4].[Zn]. The van der Waals surface area contributed by atoms with Gasteiger partial charge >= 0.3 is 60.8 Å². The summed E-state index contributed by atoms with van der Waals surface area (Å²) in [5, 5.41) is 0. The van der Waals surface area contributed by atoms with Gasteiger partial charge in [-0.1, -0.05) is 0 Å². The molecule has 0 saturated carbocycles. The largest absolute Gasteiger partial charge is 0.316 e. The normalized spacial score (nSPS) is 0. The van der Waals surface area contributed by atoms with Crippen LogP contribution in [0.5, 0.6) is 0 Å². The summed E-state index contributed by atoms with van der Waals surface area (Å²) in [6.45, 7) is 0. The van der Waals surface area contributed by atoms with Crippen LogP contribution in [0.3, 0.4) is 0 Å². The van der Waals surface area contributed by atoms with Crippen LogP contribution in [0.1, 0.15) is 0 Å². The van der Waals surface area contributed by atoms with Gasteiger partial charge in [-0.15, -0.1) is 0 Å². The van der Waals surface area contributed by atoms with E-state index in [1.54, 1.807) is 0 Å². The molecule has 0 aliphatic carbocycles. The number of hydrogen-bond acceptors (Lipinski definition) is 0. The second-order valence-electron chi connectivity index (χ2n) is 0. The van der Waals surface area contributed by atoms with Crippen molar-refractivity contribution in [3.63, 3.8) is 0 Å². The van der Waals surface area contributed by atoms with Gasteiger partial charge in [-0.2, -0.15) is 13.5 Å². The third-order valence-electron chi connectivity index (χ3n) is 0. The smallest absolute Gasteiger partial charge is 0.0149 e. The molecule has 26 valence electrons. The molecule has 0 bridgehead atoms. The van der Waals surface area contributed by atoms with Crippen LogP contribution >= 0.6 is 13.5 Å². The minimum absolute atomic E-state index is 0. The Labute approximate surface area is 103 Å². The van der Waals surface area contributed by atoms with Crippen LogP contribution < -0.4 is 0 Å². The maximum absolute atomic E-state index is 0. The van der Waals surface area contributed by atoms with Gasteiger partial charge in [-0.05, 0) is 11.0 Å². The second-order valence-corrected chi connectivity index (χ2v) is 0. The third-order valence-corrected chi connectivity index (χ3v) is 0. The van der Waals surface area contributed by atoms with Crippen molar-refractivity contribution in [1.82, 2.24) is 0 Å².